The van der Waals surface area contributed by atoms with E-state index in [2.05, 4.69) is 4.72 Å². The lowest BCUT2D eigenvalue weighted by Crippen LogP contribution is -2.34. The van der Waals surface area contributed by atoms with Crippen molar-refractivity contribution >= 4 is 27.6 Å². The van der Waals surface area contributed by atoms with Crippen LogP contribution in [0.25, 0.3) is 0 Å². The Hall–Kier alpha value is -1.11. The summed E-state index contributed by atoms with van der Waals surface area (Å²) in [5.41, 5.74) is -0.0966. The van der Waals surface area contributed by atoms with Crippen LogP contribution in [0.2, 0.25) is 5.02 Å². The second-order valence-electron chi connectivity index (χ2n) is 5.26. The van der Waals surface area contributed by atoms with Crippen LogP contribution >= 0.6 is 11.6 Å². The molecule has 21 heavy (non-hydrogen) atoms. The summed E-state index contributed by atoms with van der Waals surface area (Å²) < 4.78 is 27.5. The summed E-state index contributed by atoms with van der Waals surface area (Å²) >= 11 is 5.92. The lowest BCUT2D eigenvalue weighted by atomic mass is 10.1. The standard InChI is InChI=1S/C14H18ClNO4S/c15-12-8-7-10(14(17)18)9-13(12)21(19,20)16-11-5-3-1-2-4-6-11/h7-9,11,16H,1-6H2,(H,17,18). The van der Waals surface area contributed by atoms with E-state index in [0.29, 0.717) is 0 Å². The molecule has 1 aliphatic carbocycles. The van der Waals surface area contributed by atoms with E-state index in [0.717, 1.165) is 44.6 Å². The van der Waals surface area contributed by atoms with Crippen LogP contribution in [-0.2, 0) is 10.0 Å². The molecule has 0 aromatic heterocycles. The third-order valence-corrected chi connectivity index (χ3v) is 5.65. The Kier molecular flexibility index (Phi) is 5.24. The average Bonchev–Trinajstić information content (AvgIpc) is 2.66. The van der Waals surface area contributed by atoms with Crippen molar-refractivity contribution in [2.24, 2.45) is 0 Å². The molecule has 2 N–H and O–H groups in total. The number of nitrogens with one attached hydrogen (secondary N) is 1. The summed E-state index contributed by atoms with van der Waals surface area (Å²) in [6, 6.07) is 3.58. The normalized spacial score (nSPS) is 17.4. The monoisotopic (exact) mass is 331 g/mol. The number of halogens is 1. The maximum absolute atomic E-state index is 12.4. The SMILES string of the molecule is O=C(O)c1ccc(Cl)c(S(=O)(=O)NC2CCCCCC2)c1. The van der Waals surface area contributed by atoms with Crippen LogP contribution in [0.15, 0.2) is 23.1 Å². The number of carbonyl (C=O) groups is 1. The highest BCUT2D eigenvalue weighted by Gasteiger charge is 2.24. The Balaban J connectivity index is 2.26. The van der Waals surface area contributed by atoms with Gasteiger partial charge in [0.2, 0.25) is 10.0 Å². The number of sulfonamides is 1. The number of hydrogen-bond acceptors (Lipinski definition) is 3. The molecule has 0 aliphatic heterocycles. The third kappa shape index (κ3) is 4.18. The van der Waals surface area contributed by atoms with E-state index in [1.807, 2.05) is 0 Å². The molecule has 0 amide bonds. The van der Waals surface area contributed by atoms with Gasteiger partial charge in [0, 0.05) is 6.04 Å². The van der Waals surface area contributed by atoms with E-state index in [4.69, 9.17) is 16.7 Å². The molecule has 0 atom stereocenters. The molecule has 0 radical (unpaired) electrons. The van der Waals surface area contributed by atoms with Crippen molar-refractivity contribution in [3.8, 4) is 0 Å². The first-order valence-corrected chi connectivity index (χ1v) is 8.81. The summed E-state index contributed by atoms with van der Waals surface area (Å²) in [4.78, 5) is 10.8. The van der Waals surface area contributed by atoms with Gasteiger partial charge in [-0.25, -0.2) is 17.9 Å². The molecule has 0 heterocycles. The van der Waals surface area contributed by atoms with Gasteiger partial charge in [-0.05, 0) is 31.0 Å². The summed E-state index contributed by atoms with van der Waals surface area (Å²) in [6.07, 6.45) is 5.83. The van der Waals surface area contributed by atoms with Crippen molar-refractivity contribution in [1.82, 2.24) is 4.72 Å². The van der Waals surface area contributed by atoms with Crippen molar-refractivity contribution in [1.29, 1.82) is 0 Å². The number of aromatic carboxylic acids is 1. The zero-order valence-electron chi connectivity index (χ0n) is 11.5. The van der Waals surface area contributed by atoms with Crippen molar-refractivity contribution < 1.29 is 18.3 Å². The van der Waals surface area contributed by atoms with E-state index in [-0.39, 0.29) is 21.5 Å². The molecular weight excluding hydrogens is 314 g/mol. The van der Waals surface area contributed by atoms with Gasteiger partial charge in [0.1, 0.15) is 4.90 Å². The summed E-state index contributed by atoms with van der Waals surface area (Å²) in [7, 11) is -3.81. The van der Waals surface area contributed by atoms with Gasteiger partial charge >= 0.3 is 5.97 Å². The molecule has 1 saturated carbocycles. The van der Waals surface area contributed by atoms with Crippen LogP contribution in [0.4, 0.5) is 0 Å². The van der Waals surface area contributed by atoms with Crippen LogP contribution in [0.1, 0.15) is 48.9 Å². The van der Waals surface area contributed by atoms with Gasteiger partial charge in [-0.2, -0.15) is 0 Å². The van der Waals surface area contributed by atoms with Crippen LogP contribution in [0.3, 0.4) is 0 Å². The summed E-state index contributed by atoms with van der Waals surface area (Å²) in [5, 5.41) is 8.99. The van der Waals surface area contributed by atoms with Crippen molar-refractivity contribution in [3.05, 3.63) is 28.8 Å². The molecule has 0 saturated heterocycles. The molecule has 0 spiro atoms. The van der Waals surface area contributed by atoms with Crippen LogP contribution in [0, 0.1) is 0 Å². The zero-order chi connectivity index (χ0) is 15.5. The number of rotatable bonds is 4. The number of carboxylic acids is 1. The van der Waals surface area contributed by atoms with E-state index in [1.54, 1.807) is 0 Å². The Morgan fingerprint density at radius 3 is 2.38 bits per heavy atom. The minimum Gasteiger partial charge on any atom is -0.478 e. The van der Waals surface area contributed by atoms with Crippen molar-refractivity contribution in [3.63, 3.8) is 0 Å². The average molecular weight is 332 g/mol. The first-order chi connectivity index (χ1) is 9.90. The number of hydrogen-bond donors (Lipinski definition) is 2. The summed E-state index contributed by atoms with van der Waals surface area (Å²) in [5.74, 6) is -1.18. The lowest BCUT2D eigenvalue weighted by molar-refractivity contribution is 0.0696. The fourth-order valence-electron chi connectivity index (χ4n) is 2.52. The molecule has 1 fully saturated rings. The molecule has 0 unspecified atom stereocenters. The molecule has 1 aromatic carbocycles. The molecule has 2 rings (SSSR count). The highest BCUT2D eigenvalue weighted by atomic mass is 35.5. The second-order valence-corrected chi connectivity index (χ2v) is 7.35. The van der Waals surface area contributed by atoms with Gasteiger partial charge in [-0.15, -0.1) is 0 Å². The molecule has 1 aliphatic rings. The Labute approximate surface area is 129 Å². The van der Waals surface area contributed by atoms with E-state index in [9.17, 15) is 13.2 Å². The van der Waals surface area contributed by atoms with Crippen molar-refractivity contribution in [2.45, 2.75) is 49.5 Å². The van der Waals surface area contributed by atoms with Gasteiger partial charge in [-0.3, -0.25) is 0 Å². The molecular formula is C14H18ClNO4S. The predicted molar refractivity (Wildman–Crippen MR) is 80.2 cm³/mol. The molecule has 1 aromatic rings. The maximum Gasteiger partial charge on any atom is 0.335 e. The molecule has 7 heteroatoms. The highest BCUT2D eigenvalue weighted by molar-refractivity contribution is 7.89. The summed E-state index contributed by atoms with van der Waals surface area (Å²) in [6.45, 7) is 0. The van der Waals surface area contributed by atoms with Crippen LogP contribution in [0.5, 0.6) is 0 Å². The molecule has 116 valence electrons. The quantitative estimate of drug-likeness (QED) is 0.831. The number of carboxylic acid groups (broad SMARTS) is 1. The van der Waals surface area contributed by atoms with Gasteiger partial charge in [-0.1, -0.05) is 37.3 Å². The first-order valence-electron chi connectivity index (χ1n) is 6.95. The van der Waals surface area contributed by atoms with Gasteiger partial charge < -0.3 is 5.11 Å². The van der Waals surface area contributed by atoms with Crippen LogP contribution < -0.4 is 4.72 Å². The molecule has 0 bridgehead atoms. The Bertz CT molecular complexity index is 622. The Morgan fingerprint density at radius 1 is 1.19 bits per heavy atom. The maximum atomic E-state index is 12.4. The van der Waals surface area contributed by atoms with Gasteiger partial charge in [0.05, 0.1) is 10.6 Å². The third-order valence-electron chi connectivity index (χ3n) is 3.64. The molecule has 5 nitrogen and oxygen atoms in total. The smallest absolute Gasteiger partial charge is 0.335 e. The second kappa shape index (κ2) is 6.77. The van der Waals surface area contributed by atoms with Gasteiger partial charge in [0.15, 0.2) is 0 Å². The van der Waals surface area contributed by atoms with E-state index >= 15 is 0 Å². The topological polar surface area (TPSA) is 83.5 Å². The van der Waals surface area contributed by atoms with Crippen molar-refractivity contribution in [2.75, 3.05) is 0 Å². The zero-order valence-corrected chi connectivity index (χ0v) is 13.1. The Morgan fingerprint density at radius 2 is 1.81 bits per heavy atom. The van der Waals surface area contributed by atoms with Gasteiger partial charge in [0.25, 0.3) is 0 Å². The minimum atomic E-state index is -3.81. The minimum absolute atomic E-state index is 0.0288. The van der Waals surface area contributed by atoms with Crippen LogP contribution in [-0.4, -0.2) is 25.5 Å². The number of benzene rings is 1. The van der Waals surface area contributed by atoms with E-state index < -0.39 is 16.0 Å². The fourth-order valence-corrected chi connectivity index (χ4v) is 4.35. The fraction of sp³-hybridized carbons (Fsp3) is 0.500. The largest absolute Gasteiger partial charge is 0.478 e. The lowest BCUT2D eigenvalue weighted by Gasteiger charge is -2.17. The first kappa shape index (κ1) is 16.3. The predicted octanol–water partition coefficient (Wildman–Crippen LogP) is 3.04. The van der Waals surface area contributed by atoms with E-state index in [1.165, 1.54) is 12.1 Å². The highest BCUT2D eigenvalue weighted by Crippen LogP contribution is 2.25.